The zero-order chi connectivity index (χ0) is 13.8. The molecule has 1 aliphatic rings. The summed E-state index contributed by atoms with van der Waals surface area (Å²) < 4.78 is 0. The number of carbonyl (C=O) groups excluding carboxylic acids is 1. The third kappa shape index (κ3) is 3.25. The predicted molar refractivity (Wildman–Crippen MR) is 77.5 cm³/mol. The minimum Gasteiger partial charge on any atom is -0.373 e. The van der Waals surface area contributed by atoms with E-state index in [0.29, 0.717) is 5.92 Å². The number of hydrogen-bond donors (Lipinski definition) is 1. The maximum atomic E-state index is 12.4. The Bertz CT molecular complexity index is 432. The maximum absolute atomic E-state index is 12.4. The number of pyridine rings is 1. The zero-order valence-corrected chi connectivity index (χ0v) is 12.1. The molecule has 4 heteroatoms. The Morgan fingerprint density at radius 1 is 1.47 bits per heavy atom. The van der Waals surface area contributed by atoms with E-state index in [1.807, 2.05) is 38.1 Å². The Hall–Kier alpha value is -1.58. The van der Waals surface area contributed by atoms with Crippen LogP contribution in [0, 0.1) is 5.92 Å². The van der Waals surface area contributed by atoms with Crippen molar-refractivity contribution in [1.29, 1.82) is 0 Å². The van der Waals surface area contributed by atoms with Crippen molar-refractivity contribution >= 4 is 11.7 Å². The van der Waals surface area contributed by atoms with Crippen molar-refractivity contribution < 1.29 is 4.79 Å². The van der Waals surface area contributed by atoms with Crippen molar-refractivity contribution in [3.8, 4) is 0 Å². The van der Waals surface area contributed by atoms with Gasteiger partial charge in [-0.15, -0.1) is 0 Å². The van der Waals surface area contributed by atoms with Crippen LogP contribution in [0.2, 0.25) is 0 Å². The number of nitrogens with one attached hydrogen (secondary N) is 1. The van der Waals surface area contributed by atoms with Gasteiger partial charge in [0.2, 0.25) is 0 Å². The van der Waals surface area contributed by atoms with Gasteiger partial charge in [0.15, 0.2) is 0 Å². The summed E-state index contributed by atoms with van der Waals surface area (Å²) in [6.07, 6.45) is 4.67. The molecule has 4 nitrogen and oxygen atoms in total. The van der Waals surface area contributed by atoms with E-state index >= 15 is 0 Å². The Kier molecular flexibility index (Phi) is 4.40. The molecule has 1 aliphatic carbocycles. The first kappa shape index (κ1) is 13.8. The second kappa shape index (κ2) is 6.04. The Balaban J connectivity index is 2.12. The number of amides is 1. The van der Waals surface area contributed by atoms with Gasteiger partial charge < -0.3 is 10.2 Å². The highest BCUT2D eigenvalue weighted by Gasteiger charge is 2.22. The number of anilines is 1. The Morgan fingerprint density at radius 2 is 2.21 bits per heavy atom. The smallest absolute Gasteiger partial charge is 0.253 e. The lowest BCUT2D eigenvalue weighted by molar-refractivity contribution is 0.0745. The van der Waals surface area contributed by atoms with Crippen molar-refractivity contribution in [2.24, 2.45) is 5.92 Å². The predicted octanol–water partition coefficient (Wildman–Crippen LogP) is 2.56. The highest BCUT2D eigenvalue weighted by Crippen LogP contribution is 2.27. The lowest BCUT2D eigenvalue weighted by Gasteiger charge is -2.30. The molecule has 0 unspecified atom stereocenters. The topological polar surface area (TPSA) is 45.2 Å². The van der Waals surface area contributed by atoms with Crippen LogP contribution in [0.4, 0.5) is 5.82 Å². The van der Waals surface area contributed by atoms with Gasteiger partial charge in [0.05, 0.1) is 0 Å². The fourth-order valence-corrected chi connectivity index (χ4v) is 2.39. The summed E-state index contributed by atoms with van der Waals surface area (Å²) in [5.74, 6) is 1.56. The van der Waals surface area contributed by atoms with Gasteiger partial charge in [-0.1, -0.05) is 13.3 Å². The highest BCUT2D eigenvalue weighted by atomic mass is 16.2. The van der Waals surface area contributed by atoms with Crippen molar-refractivity contribution in [2.75, 3.05) is 26.0 Å². The van der Waals surface area contributed by atoms with Crippen molar-refractivity contribution in [2.45, 2.75) is 32.6 Å². The molecular formula is C15H23N3O. The quantitative estimate of drug-likeness (QED) is 0.886. The zero-order valence-electron chi connectivity index (χ0n) is 12.1. The van der Waals surface area contributed by atoms with Gasteiger partial charge in [-0.25, -0.2) is 4.98 Å². The van der Waals surface area contributed by atoms with E-state index in [1.165, 1.54) is 19.3 Å². The molecule has 0 saturated heterocycles. The summed E-state index contributed by atoms with van der Waals surface area (Å²) in [5.41, 5.74) is 1.69. The maximum Gasteiger partial charge on any atom is 0.253 e. The van der Waals surface area contributed by atoms with Crippen LogP contribution in [0.15, 0.2) is 12.1 Å². The lowest BCUT2D eigenvalue weighted by Crippen LogP contribution is -2.34. The van der Waals surface area contributed by atoms with E-state index in [-0.39, 0.29) is 5.91 Å². The summed E-state index contributed by atoms with van der Waals surface area (Å²) >= 11 is 0. The molecule has 1 fully saturated rings. The summed E-state index contributed by atoms with van der Waals surface area (Å²) in [6.45, 7) is 2.92. The van der Waals surface area contributed by atoms with Gasteiger partial charge in [-0.2, -0.15) is 0 Å². The van der Waals surface area contributed by atoms with Crippen LogP contribution < -0.4 is 5.32 Å². The summed E-state index contributed by atoms with van der Waals surface area (Å²) in [4.78, 5) is 18.7. The van der Waals surface area contributed by atoms with Crippen LogP contribution >= 0.6 is 0 Å². The van der Waals surface area contributed by atoms with Gasteiger partial charge in [0.1, 0.15) is 5.82 Å². The largest absolute Gasteiger partial charge is 0.373 e. The fraction of sp³-hybridized carbons (Fsp3) is 0.600. The third-order valence-electron chi connectivity index (χ3n) is 3.85. The van der Waals surface area contributed by atoms with E-state index in [1.54, 1.807) is 0 Å². The van der Waals surface area contributed by atoms with Gasteiger partial charge >= 0.3 is 0 Å². The molecule has 19 heavy (non-hydrogen) atoms. The summed E-state index contributed by atoms with van der Waals surface area (Å²) in [6, 6.07) is 3.74. The highest BCUT2D eigenvalue weighted by molar-refractivity contribution is 5.94. The minimum absolute atomic E-state index is 0.0977. The first-order valence-electron chi connectivity index (χ1n) is 7.08. The molecule has 1 aromatic heterocycles. The number of aromatic nitrogens is 1. The molecule has 2 rings (SSSR count). The van der Waals surface area contributed by atoms with E-state index in [9.17, 15) is 4.79 Å². The normalized spacial score (nSPS) is 14.9. The number of nitrogens with zero attached hydrogens (tertiary/aromatic N) is 2. The van der Waals surface area contributed by atoms with Crippen LogP contribution in [-0.4, -0.2) is 36.4 Å². The number of rotatable bonds is 5. The van der Waals surface area contributed by atoms with Crippen molar-refractivity contribution in [3.05, 3.63) is 23.4 Å². The lowest BCUT2D eigenvalue weighted by atomic mass is 9.85. The Labute approximate surface area is 115 Å². The van der Waals surface area contributed by atoms with Gasteiger partial charge in [0, 0.05) is 31.9 Å². The Morgan fingerprint density at radius 3 is 2.74 bits per heavy atom. The van der Waals surface area contributed by atoms with E-state index in [4.69, 9.17) is 0 Å². The molecule has 1 aromatic rings. The average molecular weight is 261 g/mol. The van der Waals surface area contributed by atoms with Gasteiger partial charge in [0.25, 0.3) is 5.91 Å². The first-order valence-corrected chi connectivity index (χ1v) is 7.08. The average Bonchev–Trinajstić information content (AvgIpc) is 2.40. The van der Waals surface area contributed by atoms with Gasteiger partial charge in [-0.3, -0.25) is 4.79 Å². The van der Waals surface area contributed by atoms with Crippen LogP contribution in [0.25, 0.3) is 0 Å². The van der Waals surface area contributed by atoms with Crippen LogP contribution in [0.1, 0.15) is 42.2 Å². The molecule has 0 bridgehead atoms. The second-order valence-corrected chi connectivity index (χ2v) is 5.32. The molecule has 0 atom stereocenters. The molecule has 0 spiro atoms. The SMILES string of the molecule is CCc1cc(C(=O)N(C)CC2CCC2)cc(NC)n1. The third-order valence-corrected chi connectivity index (χ3v) is 3.85. The molecule has 1 saturated carbocycles. The van der Waals surface area contributed by atoms with E-state index in [2.05, 4.69) is 10.3 Å². The molecular weight excluding hydrogens is 238 g/mol. The second-order valence-electron chi connectivity index (χ2n) is 5.32. The molecule has 0 aliphatic heterocycles. The van der Waals surface area contributed by atoms with Crippen molar-refractivity contribution in [1.82, 2.24) is 9.88 Å². The summed E-state index contributed by atoms with van der Waals surface area (Å²) in [7, 11) is 3.72. The molecule has 0 aromatic carbocycles. The molecule has 1 amide bonds. The number of hydrogen-bond acceptors (Lipinski definition) is 3. The first-order chi connectivity index (χ1) is 9.13. The molecule has 1 heterocycles. The number of carbonyl (C=O) groups is 1. The molecule has 104 valence electrons. The molecule has 1 N–H and O–H groups in total. The van der Waals surface area contributed by atoms with Crippen LogP contribution in [0.5, 0.6) is 0 Å². The van der Waals surface area contributed by atoms with E-state index < -0.39 is 0 Å². The minimum atomic E-state index is 0.0977. The van der Waals surface area contributed by atoms with Gasteiger partial charge in [-0.05, 0) is 37.3 Å². The monoisotopic (exact) mass is 261 g/mol. The van der Waals surface area contributed by atoms with E-state index in [0.717, 1.165) is 30.0 Å². The van der Waals surface area contributed by atoms with Crippen LogP contribution in [-0.2, 0) is 6.42 Å². The summed E-state index contributed by atoms with van der Waals surface area (Å²) in [5, 5.41) is 3.02. The van der Waals surface area contributed by atoms with Crippen LogP contribution in [0.3, 0.4) is 0 Å². The standard InChI is InChI=1S/C15H23N3O/c1-4-13-8-12(9-14(16-2)17-13)15(19)18(3)10-11-6-5-7-11/h8-9,11H,4-7,10H2,1-3H3,(H,16,17). The van der Waals surface area contributed by atoms with Crippen molar-refractivity contribution in [3.63, 3.8) is 0 Å². The fourth-order valence-electron chi connectivity index (χ4n) is 2.39. The molecule has 0 radical (unpaired) electrons. The number of aryl methyl sites for hydroxylation is 1.